The lowest BCUT2D eigenvalue weighted by Gasteiger charge is -2.18. The van der Waals surface area contributed by atoms with Gasteiger partial charge in [0.1, 0.15) is 0 Å². The van der Waals surface area contributed by atoms with E-state index in [2.05, 4.69) is 54.6 Å². The number of fused-ring (bicyclic) bond motifs is 1. The zero-order valence-electron chi connectivity index (χ0n) is 15.8. The SMILES string of the molecule is CCn1c(SCC(=O)N(C)Cc2ccc(C)cc2C)nc2ccccc21. The van der Waals surface area contributed by atoms with E-state index in [9.17, 15) is 4.79 Å². The summed E-state index contributed by atoms with van der Waals surface area (Å²) in [6.45, 7) is 7.76. The number of rotatable bonds is 6. The fraction of sp³-hybridized carbons (Fsp3) is 0.333. The topological polar surface area (TPSA) is 38.1 Å². The minimum Gasteiger partial charge on any atom is -0.341 e. The monoisotopic (exact) mass is 367 g/mol. The van der Waals surface area contributed by atoms with Crippen LogP contribution in [0.3, 0.4) is 0 Å². The molecule has 0 aliphatic rings. The summed E-state index contributed by atoms with van der Waals surface area (Å²) in [6, 6.07) is 14.5. The minimum atomic E-state index is 0.115. The highest BCUT2D eigenvalue weighted by molar-refractivity contribution is 7.99. The Balaban J connectivity index is 1.66. The normalized spacial score (nSPS) is 11.1. The zero-order valence-corrected chi connectivity index (χ0v) is 16.6. The molecule has 3 aromatic rings. The van der Waals surface area contributed by atoms with Crippen molar-refractivity contribution in [3.05, 3.63) is 59.2 Å². The second kappa shape index (κ2) is 7.96. The Bertz CT molecular complexity index is 932. The summed E-state index contributed by atoms with van der Waals surface area (Å²) in [5.41, 5.74) is 5.76. The highest BCUT2D eigenvalue weighted by Crippen LogP contribution is 2.24. The number of aromatic nitrogens is 2. The largest absolute Gasteiger partial charge is 0.341 e. The number of amides is 1. The lowest BCUT2D eigenvalue weighted by Crippen LogP contribution is -2.28. The molecule has 26 heavy (non-hydrogen) atoms. The van der Waals surface area contributed by atoms with E-state index in [-0.39, 0.29) is 5.91 Å². The molecule has 0 spiro atoms. The average Bonchev–Trinajstić information content (AvgIpc) is 2.99. The Morgan fingerprint density at radius 3 is 2.69 bits per heavy atom. The Hall–Kier alpha value is -2.27. The Labute approximate surface area is 159 Å². The number of carbonyl (C=O) groups excluding carboxylic acids is 1. The highest BCUT2D eigenvalue weighted by Gasteiger charge is 2.15. The van der Waals surface area contributed by atoms with Crippen LogP contribution < -0.4 is 0 Å². The molecular weight excluding hydrogens is 342 g/mol. The Kier molecular flexibility index (Phi) is 5.67. The van der Waals surface area contributed by atoms with Crippen LogP contribution in [0.15, 0.2) is 47.6 Å². The van der Waals surface area contributed by atoms with Crippen LogP contribution in [0.1, 0.15) is 23.6 Å². The lowest BCUT2D eigenvalue weighted by atomic mass is 10.1. The van der Waals surface area contributed by atoms with Crippen LogP contribution in [0.4, 0.5) is 0 Å². The maximum atomic E-state index is 12.6. The number of thioether (sulfide) groups is 1. The van der Waals surface area contributed by atoms with Crippen molar-refractivity contribution in [1.29, 1.82) is 0 Å². The molecule has 0 unspecified atom stereocenters. The first kappa shape index (κ1) is 18.5. The number of aryl methyl sites for hydroxylation is 3. The van der Waals surface area contributed by atoms with Crippen LogP contribution in [0, 0.1) is 13.8 Å². The third-order valence-corrected chi connectivity index (χ3v) is 5.55. The molecule has 3 rings (SSSR count). The third-order valence-electron chi connectivity index (χ3n) is 4.59. The minimum absolute atomic E-state index is 0.115. The van der Waals surface area contributed by atoms with Gasteiger partial charge in [-0.25, -0.2) is 4.98 Å². The van der Waals surface area contributed by atoms with Crippen molar-refractivity contribution in [1.82, 2.24) is 14.5 Å². The van der Waals surface area contributed by atoms with E-state index < -0.39 is 0 Å². The molecule has 2 aromatic carbocycles. The van der Waals surface area contributed by atoms with Crippen molar-refractivity contribution in [2.45, 2.75) is 39.0 Å². The summed E-state index contributed by atoms with van der Waals surface area (Å²) in [6.07, 6.45) is 0. The van der Waals surface area contributed by atoms with E-state index in [0.717, 1.165) is 22.7 Å². The molecule has 5 heteroatoms. The van der Waals surface area contributed by atoms with Gasteiger partial charge in [-0.2, -0.15) is 0 Å². The number of imidazole rings is 1. The van der Waals surface area contributed by atoms with Crippen molar-refractivity contribution < 1.29 is 4.79 Å². The number of nitrogens with zero attached hydrogens (tertiary/aromatic N) is 3. The van der Waals surface area contributed by atoms with Gasteiger partial charge in [-0.15, -0.1) is 0 Å². The van der Waals surface area contributed by atoms with Crippen LogP contribution in [0.5, 0.6) is 0 Å². The van der Waals surface area contributed by atoms with E-state index in [4.69, 9.17) is 0 Å². The first-order chi connectivity index (χ1) is 12.5. The van der Waals surface area contributed by atoms with E-state index >= 15 is 0 Å². The predicted octanol–water partition coefficient (Wildman–Crippen LogP) is 4.42. The lowest BCUT2D eigenvalue weighted by molar-refractivity contribution is -0.127. The summed E-state index contributed by atoms with van der Waals surface area (Å²) >= 11 is 1.51. The van der Waals surface area contributed by atoms with Gasteiger partial charge >= 0.3 is 0 Å². The van der Waals surface area contributed by atoms with Crippen LogP contribution in [0.2, 0.25) is 0 Å². The maximum Gasteiger partial charge on any atom is 0.233 e. The van der Waals surface area contributed by atoms with Crippen LogP contribution in [0.25, 0.3) is 11.0 Å². The number of hydrogen-bond donors (Lipinski definition) is 0. The molecule has 0 N–H and O–H groups in total. The van der Waals surface area contributed by atoms with E-state index in [1.54, 1.807) is 4.90 Å². The first-order valence-electron chi connectivity index (χ1n) is 8.87. The van der Waals surface area contributed by atoms with E-state index in [1.165, 1.54) is 28.5 Å². The standard InChI is InChI=1S/C21H25N3OS/c1-5-24-19-9-7-6-8-18(19)22-21(24)26-14-20(25)23(4)13-17-11-10-15(2)12-16(17)3/h6-12H,5,13-14H2,1-4H3. The second-order valence-corrected chi connectivity index (χ2v) is 7.54. The van der Waals surface area contributed by atoms with Crippen molar-refractivity contribution in [2.75, 3.05) is 12.8 Å². The molecule has 0 fully saturated rings. The van der Waals surface area contributed by atoms with Gasteiger partial charge in [0.05, 0.1) is 16.8 Å². The zero-order chi connectivity index (χ0) is 18.7. The van der Waals surface area contributed by atoms with Gasteiger partial charge in [0.2, 0.25) is 5.91 Å². The van der Waals surface area contributed by atoms with Gasteiger partial charge in [-0.05, 0) is 44.0 Å². The molecule has 136 valence electrons. The molecule has 1 amide bonds. The molecule has 0 radical (unpaired) electrons. The average molecular weight is 368 g/mol. The van der Waals surface area contributed by atoms with Gasteiger partial charge in [0.15, 0.2) is 5.16 Å². The first-order valence-corrected chi connectivity index (χ1v) is 9.86. The molecule has 0 saturated carbocycles. The molecule has 1 aromatic heterocycles. The molecular formula is C21H25N3OS. The van der Waals surface area contributed by atoms with Gasteiger partial charge in [0, 0.05) is 20.1 Å². The van der Waals surface area contributed by atoms with Crippen molar-refractivity contribution >= 4 is 28.7 Å². The summed E-state index contributed by atoms with van der Waals surface area (Å²) in [5, 5.41) is 0.905. The van der Waals surface area contributed by atoms with Crippen molar-refractivity contribution in [3.63, 3.8) is 0 Å². The van der Waals surface area contributed by atoms with Crippen LogP contribution in [-0.4, -0.2) is 33.2 Å². The smallest absolute Gasteiger partial charge is 0.233 e. The van der Waals surface area contributed by atoms with Crippen LogP contribution >= 0.6 is 11.8 Å². The Morgan fingerprint density at radius 2 is 1.96 bits per heavy atom. The molecule has 1 heterocycles. The van der Waals surface area contributed by atoms with E-state index in [1.807, 2.05) is 25.2 Å². The molecule has 0 aliphatic heterocycles. The fourth-order valence-electron chi connectivity index (χ4n) is 3.07. The van der Waals surface area contributed by atoms with Crippen molar-refractivity contribution in [3.8, 4) is 0 Å². The highest BCUT2D eigenvalue weighted by atomic mass is 32.2. The summed E-state index contributed by atoms with van der Waals surface area (Å²) in [4.78, 5) is 19.1. The van der Waals surface area contributed by atoms with Crippen molar-refractivity contribution in [2.24, 2.45) is 0 Å². The van der Waals surface area contributed by atoms with Gasteiger partial charge in [-0.3, -0.25) is 4.79 Å². The van der Waals surface area contributed by atoms with Gasteiger partial charge in [-0.1, -0.05) is 47.7 Å². The number of carbonyl (C=O) groups is 1. The second-order valence-electron chi connectivity index (χ2n) is 6.60. The predicted molar refractivity (Wildman–Crippen MR) is 109 cm³/mol. The third kappa shape index (κ3) is 3.93. The summed E-state index contributed by atoms with van der Waals surface area (Å²) in [5.74, 6) is 0.509. The molecule has 0 aliphatic carbocycles. The summed E-state index contributed by atoms with van der Waals surface area (Å²) < 4.78 is 2.16. The molecule has 0 atom stereocenters. The molecule has 4 nitrogen and oxygen atoms in total. The Morgan fingerprint density at radius 1 is 1.19 bits per heavy atom. The summed E-state index contributed by atoms with van der Waals surface area (Å²) in [7, 11) is 1.87. The van der Waals surface area contributed by atoms with Gasteiger partial charge < -0.3 is 9.47 Å². The number of para-hydroxylation sites is 2. The van der Waals surface area contributed by atoms with E-state index in [0.29, 0.717) is 12.3 Å². The molecule has 0 bridgehead atoms. The fourth-order valence-corrected chi connectivity index (χ4v) is 4.09. The van der Waals surface area contributed by atoms with Gasteiger partial charge in [0.25, 0.3) is 0 Å². The molecule has 0 saturated heterocycles. The number of benzene rings is 2. The van der Waals surface area contributed by atoms with Crippen LogP contribution in [-0.2, 0) is 17.9 Å². The maximum absolute atomic E-state index is 12.6. The number of hydrogen-bond acceptors (Lipinski definition) is 3. The quantitative estimate of drug-likeness (QED) is 0.605.